The van der Waals surface area contributed by atoms with Gasteiger partial charge < -0.3 is 14.4 Å². The minimum Gasteiger partial charge on any atom is -0.486 e. The number of carbonyl (C=O) groups excluding carboxylic acids is 1. The Morgan fingerprint density at radius 2 is 1.81 bits per heavy atom. The van der Waals surface area contributed by atoms with Crippen LogP contribution in [0.1, 0.15) is 12.8 Å². The molecule has 0 N–H and O–H groups in total. The van der Waals surface area contributed by atoms with Gasteiger partial charge in [-0.1, -0.05) is 36.0 Å². The lowest BCUT2D eigenvalue weighted by molar-refractivity contribution is -0.127. The molecule has 1 fully saturated rings. The van der Waals surface area contributed by atoms with E-state index in [9.17, 15) is 9.59 Å². The van der Waals surface area contributed by atoms with Gasteiger partial charge >= 0.3 is 0 Å². The third-order valence-corrected chi connectivity index (χ3v) is 6.53. The Hall–Kier alpha value is -3.00. The van der Waals surface area contributed by atoms with Gasteiger partial charge in [-0.05, 0) is 37.1 Å². The minimum atomic E-state index is -0.329. The molecule has 2 aliphatic heterocycles. The number of likely N-dealkylation sites (tertiary alicyclic amines) is 1. The standard InChI is InChI=1S/C23H23N3O4S/c27-21(25-11-5-6-12-25)15-31-23-24-18-8-2-1-7-17(18)22(28)26(23)13-16-14-29-19-9-3-4-10-20(19)30-16/h1-4,7-10,16H,5-6,11-15H2. The van der Waals surface area contributed by atoms with Crippen molar-refractivity contribution in [2.45, 2.75) is 30.6 Å². The number of fused-ring (bicyclic) bond motifs is 2. The largest absolute Gasteiger partial charge is 0.486 e. The lowest BCUT2D eigenvalue weighted by Crippen LogP contribution is -2.37. The Morgan fingerprint density at radius 1 is 1.06 bits per heavy atom. The number of nitrogens with zero attached hydrogens (tertiary/aromatic N) is 3. The molecule has 1 aromatic heterocycles. The summed E-state index contributed by atoms with van der Waals surface area (Å²) in [5, 5.41) is 1.08. The molecule has 0 spiro atoms. The number of rotatable bonds is 5. The Morgan fingerprint density at radius 3 is 2.65 bits per heavy atom. The van der Waals surface area contributed by atoms with Crippen molar-refractivity contribution < 1.29 is 14.3 Å². The van der Waals surface area contributed by atoms with E-state index < -0.39 is 0 Å². The first-order valence-corrected chi connectivity index (χ1v) is 11.5. The molecule has 1 atom stereocenters. The average Bonchev–Trinajstić information content (AvgIpc) is 3.35. The van der Waals surface area contributed by atoms with E-state index in [1.54, 1.807) is 10.6 Å². The molecule has 3 aromatic rings. The monoisotopic (exact) mass is 437 g/mol. The maximum absolute atomic E-state index is 13.3. The van der Waals surface area contributed by atoms with Crippen LogP contribution in [0.2, 0.25) is 0 Å². The van der Waals surface area contributed by atoms with Crippen molar-refractivity contribution in [1.29, 1.82) is 0 Å². The third-order valence-electron chi connectivity index (χ3n) is 5.56. The summed E-state index contributed by atoms with van der Waals surface area (Å²) < 4.78 is 13.5. The first kappa shape index (κ1) is 19.9. The molecule has 1 saturated heterocycles. The number of amides is 1. The Kier molecular flexibility index (Phi) is 5.55. The fraction of sp³-hybridized carbons (Fsp3) is 0.348. The highest BCUT2D eigenvalue weighted by molar-refractivity contribution is 7.99. The van der Waals surface area contributed by atoms with Crippen molar-refractivity contribution in [3.63, 3.8) is 0 Å². The van der Waals surface area contributed by atoms with Gasteiger partial charge in [-0.15, -0.1) is 0 Å². The summed E-state index contributed by atoms with van der Waals surface area (Å²) in [6, 6.07) is 14.8. The van der Waals surface area contributed by atoms with Gasteiger partial charge in [0.05, 0.1) is 23.2 Å². The van der Waals surface area contributed by atoms with Crippen LogP contribution in [0.15, 0.2) is 58.5 Å². The number of ether oxygens (including phenoxy) is 2. The van der Waals surface area contributed by atoms with E-state index in [1.807, 2.05) is 47.4 Å². The summed E-state index contributed by atoms with van der Waals surface area (Å²) in [7, 11) is 0. The normalized spacial score (nSPS) is 17.8. The smallest absolute Gasteiger partial charge is 0.262 e. The molecule has 160 valence electrons. The molecule has 8 heteroatoms. The first-order valence-electron chi connectivity index (χ1n) is 10.5. The highest BCUT2D eigenvalue weighted by Crippen LogP contribution is 2.31. The highest BCUT2D eigenvalue weighted by atomic mass is 32.2. The second kappa shape index (κ2) is 8.63. The molecule has 0 saturated carbocycles. The maximum atomic E-state index is 13.3. The summed E-state index contributed by atoms with van der Waals surface area (Å²) in [4.78, 5) is 32.4. The van der Waals surface area contributed by atoms with Crippen LogP contribution in [-0.2, 0) is 11.3 Å². The van der Waals surface area contributed by atoms with E-state index in [-0.39, 0.29) is 23.3 Å². The minimum absolute atomic E-state index is 0.0858. The second-order valence-corrected chi connectivity index (χ2v) is 8.64. The van der Waals surface area contributed by atoms with Crippen LogP contribution in [0.4, 0.5) is 0 Å². The van der Waals surface area contributed by atoms with Gasteiger partial charge in [0.15, 0.2) is 22.8 Å². The van der Waals surface area contributed by atoms with Crippen LogP contribution in [-0.4, -0.2) is 51.9 Å². The van der Waals surface area contributed by atoms with Crippen LogP contribution in [0.3, 0.4) is 0 Å². The molecule has 3 heterocycles. The molecule has 5 rings (SSSR count). The average molecular weight is 438 g/mol. The molecule has 7 nitrogen and oxygen atoms in total. The van der Waals surface area contributed by atoms with Crippen molar-refractivity contribution >= 4 is 28.6 Å². The molecule has 0 aliphatic carbocycles. The number of benzene rings is 2. The van der Waals surface area contributed by atoms with Gasteiger partial charge in [0.25, 0.3) is 5.56 Å². The van der Waals surface area contributed by atoms with Gasteiger partial charge in [0.1, 0.15) is 6.61 Å². The maximum Gasteiger partial charge on any atom is 0.262 e. The summed E-state index contributed by atoms with van der Waals surface area (Å²) in [6.07, 6.45) is 1.77. The second-order valence-electron chi connectivity index (χ2n) is 7.70. The molecule has 0 radical (unpaired) electrons. The van der Waals surface area contributed by atoms with Crippen LogP contribution in [0, 0.1) is 0 Å². The number of para-hydroxylation sites is 3. The van der Waals surface area contributed by atoms with E-state index in [0.29, 0.717) is 40.7 Å². The van der Waals surface area contributed by atoms with E-state index in [1.165, 1.54) is 11.8 Å². The summed E-state index contributed by atoms with van der Waals surface area (Å²) in [5.41, 5.74) is 0.496. The van der Waals surface area contributed by atoms with E-state index in [2.05, 4.69) is 0 Å². The number of aromatic nitrogens is 2. The molecule has 0 bridgehead atoms. The zero-order valence-electron chi connectivity index (χ0n) is 17.0. The van der Waals surface area contributed by atoms with Crippen molar-refractivity contribution in [3.8, 4) is 11.5 Å². The predicted molar refractivity (Wildman–Crippen MR) is 119 cm³/mol. The summed E-state index contributed by atoms with van der Waals surface area (Å²) >= 11 is 1.31. The SMILES string of the molecule is O=C(CSc1nc2ccccc2c(=O)n1CC1COc2ccccc2O1)N1CCCC1. The zero-order chi connectivity index (χ0) is 21.2. The number of hydrogen-bond acceptors (Lipinski definition) is 6. The molecular weight excluding hydrogens is 414 g/mol. The predicted octanol–water partition coefficient (Wildman–Crippen LogP) is 2.95. The number of thioether (sulfide) groups is 1. The lowest BCUT2D eigenvalue weighted by Gasteiger charge is -2.27. The van der Waals surface area contributed by atoms with Gasteiger partial charge in [0.2, 0.25) is 5.91 Å². The fourth-order valence-corrected chi connectivity index (χ4v) is 4.87. The molecular formula is C23H23N3O4S. The van der Waals surface area contributed by atoms with Crippen LogP contribution in [0.25, 0.3) is 10.9 Å². The van der Waals surface area contributed by atoms with Crippen LogP contribution >= 0.6 is 11.8 Å². The van der Waals surface area contributed by atoms with Crippen LogP contribution in [0.5, 0.6) is 11.5 Å². The number of carbonyl (C=O) groups is 1. The van der Waals surface area contributed by atoms with Crippen LogP contribution < -0.4 is 15.0 Å². The molecule has 31 heavy (non-hydrogen) atoms. The third kappa shape index (κ3) is 4.12. The van der Waals surface area contributed by atoms with Gasteiger partial charge in [-0.25, -0.2) is 4.98 Å². The van der Waals surface area contributed by atoms with E-state index in [4.69, 9.17) is 14.5 Å². The van der Waals surface area contributed by atoms with E-state index in [0.717, 1.165) is 25.9 Å². The van der Waals surface area contributed by atoms with Gasteiger partial charge in [0, 0.05) is 13.1 Å². The van der Waals surface area contributed by atoms with Crippen molar-refractivity contribution in [2.75, 3.05) is 25.4 Å². The van der Waals surface area contributed by atoms with Crippen molar-refractivity contribution in [3.05, 3.63) is 58.9 Å². The molecule has 1 amide bonds. The highest BCUT2D eigenvalue weighted by Gasteiger charge is 2.24. The lowest BCUT2D eigenvalue weighted by atomic mass is 10.2. The van der Waals surface area contributed by atoms with Gasteiger partial charge in [-0.2, -0.15) is 0 Å². The Labute approximate surface area is 184 Å². The molecule has 1 unspecified atom stereocenters. The quantitative estimate of drug-likeness (QED) is 0.451. The van der Waals surface area contributed by atoms with E-state index >= 15 is 0 Å². The summed E-state index contributed by atoms with van der Waals surface area (Å²) in [6.45, 7) is 2.26. The van der Waals surface area contributed by atoms with Gasteiger partial charge in [-0.3, -0.25) is 14.2 Å². The topological polar surface area (TPSA) is 73.7 Å². The summed E-state index contributed by atoms with van der Waals surface area (Å²) in [5.74, 6) is 1.71. The Bertz CT molecular complexity index is 1170. The first-order chi connectivity index (χ1) is 15.2. The zero-order valence-corrected chi connectivity index (χ0v) is 17.8. The molecule has 2 aromatic carbocycles. The van der Waals surface area contributed by atoms with Crippen molar-refractivity contribution in [2.24, 2.45) is 0 Å². The van der Waals surface area contributed by atoms with Crippen molar-refractivity contribution in [1.82, 2.24) is 14.5 Å². The number of hydrogen-bond donors (Lipinski definition) is 0. The molecule has 2 aliphatic rings. The fourth-order valence-electron chi connectivity index (χ4n) is 3.96. The Balaban J connectivity index is 1.42.